The Bertz CT molecular complexity index is 1590. The van der Waals surface area contributed by atoms with Gasteiger partial charge in [-0.25, -0.2) is 0 Å². The highest BCUT2D eigenvalue weighted by atomic mass is 16.6. The van der Waals surface area contributed by atoms with Crippen molar-refractivity contribution in [1.29, 1.82) is 0 Å². The van der Waals surface area contributed by atoms with E-state index in [2.05, 4.69) is 142 Å². The van der Waals surface area contributed by atoms with Gasteiger partial charge in [0, 0.05) is 19.3 Å². The quantitative estimate of drug-likeness (QED) is 0.0261. The van der Waals surface area contributed by atoms with Crippen LogP contribution in [0, 0.1) is 0 Å². The van der Waals surface area contributed by atoms with Gasteiger partial charge in [0.2, 0.25) is 0 Å². The molecule has 0 fully saturated rings. The Kier molecular flexibility index (Phi) is 59.9. The lowest BCUT2D eigenvalue weighted by molar-refractivity contribution is -0.167. The molecular formula is C70H116O6. The molecule has 0 saturated heterocycles. The molecule has 0 radical (unpaired) electrons. The molecule has 1 unspecified atom stereocenters. The van der Waals surface area contributed by atoms with Gasteiger partial charge in [0.15, 0.2) is 6.10 Å². The van der Waals surface area contributed by atoms with E-state index in [1.54, 1.807) is 0 Å². The average Bonchev–Trinajstić information content (AvgIpc) is 3.42. The number of rotatable bonds is 56. The lowest BCUT2D eigenvalue weighted by Gasteiger charge is -2.18. The smallest absolute Gasteiger partial charge is 0.306 e. The summed E-state index contributed by atoms with van der Waals surface area (Å²) < 4.78 is 16.8. The van der Waals surface area contributed by atoms with E-state index in [1.807, 2.05) is 0 Å². The van der Waals surface area contributed by atoms with Crippen LogP contribution in [0.5, 0.6) is 0 Å². The average molecular weight is 1050 g/mol. The Hall–Kier alpha value is -4.19. The number of esters is 3. The van der Waals surface area contributed by atoms with Gasteiger partial charge in [-0.3, -0.25) is 14.4 Å². The summed E-state index contributed by atoms with van der Waals surface area (Å²) in [5.74, 6) is -0.907. The van der Waals surface area contributed by atoms with Crippen LogP contribution in [-0.4, -0.2) is 37.2 Å². The zero-order valence-electron chi connectivity index (χ0n) is 49.5. The first-order valence-electron chi connectivity index (χ1n) is 31.5. The van der Waals surface area contributed by atoms with E-state index in [0.717, 1.165) is 141 Å². The molecule has 0 heterocycles. The summed E-state index contributed by atoms with van der Waals surface area (Å²) in [4.78, 5) is 38.1. The van der Waals surface area contributed by atoms with Gasteiger partial charge in [-0.2, -0.15) is 0 Å². The van der Waals surface area contributed by atoms with E-state index in [1.165, 1.54) is 103 Å². The van der Waals surface area contributed by atoms with E-state index in [-0.39, 0.29) is 31.1 Å². The minimum atomic E-state index is -0.789. The number of carbonyl (C=O) groups excluding carboxylic acids is 3. The van der Waals surface area contributed by atoms with E-state index in [4.69, 9.17) is 14.2 Å². The molecule has 0 saturated carbocycles. The summed E-state index contributed by atoms with van der Waals surface area (Å²) in [6.07, 6.45) is 87.8. The summed E-state index contributed by atoms with van der Waals surface area (Å²) in [6.45, 7) is 6.47. The maximum atomic E-state index is 12.8. The predicted octanol–water partition coefficient (Wildman–Crippen LogP) is 21.6. The third-order valence-electron chi connectivity index (χ3n) is 13.2. The lowest BCUT2D eigenvalue weighted by atomic mass is 10.1. The van der Waals surface area contributed by atoms with Crippen molar-refractivity contribution in [3.05, 3.63) is 122 Å². The van der Waals surface area contributed by atoms with Gasteiger partial charge in [-0.1, -0.05) is 271 Å². The highest BCUT2D eigenvalue weighted by Crippen LogP contribution is 2.15. The Morgan fingerprint density at radius 2 is 0.513 bits per heavy atom. The van der Waals surface area contributed by atoms with E-state index >= 15 is 0 Å². The molecule has 0 aromatic heterocycles. The first kappa shape index (κ1) is 71.8. The largest absolute Gasteiger partial charge is 0.462 e. The van der Waals surface area contributed by atoms with Gasteiger partial charge in [0.25, 0.3) is 0 Å². The fourth-order valence-corrected chi connectivity index (χ4v) is 8.49. The fraction of sp³-hybridized carbons (Fsp3) is 0.671. The molecule has 0 rings (SSSR count). The summed E-state index contributed by atoms with van der Waals surface area (Å²) in [5, 5.41) is 0. The summed E-state index contributed by atoms with van der Waals surface area (Å²) in [7, 11) is 0. The van der Waals surface area contributed by atoms with Crippen molar-refractivity contribution in [3.8, 4) is 0 Å². The first-order valence-corrected chi connectivity index (χ1v) is 31.5. The van der Waals surface area contributed by atoms with Crippen LogP contribution < -0.4 is 0 Å². The Labute approximate surface area is 469 Å². The Morgan fingerprint density at radius 1 is 0.276 bits per heavy atom. The molecule has 6 nitrogen and oxygen atoms in total. The molecule has 432 valence electrons. The van der Waals surface area contributed by atoms with Crippen molar-refractivity contribution in [2.45, 2.75) is 290 Å². The normalized spacial score (nSPS) is 12.9. The molecule has 0 aliphatic heterocycles. The van der Waals surface area contributed by atoms with Gasteiger partial charge in [0.1, 0.15) is 13.2 Å². The van der Waals surface area contributed by atoms with Crippen LogP contribution in [0.2, 0.25) is 0 Å². The van der Waals surface area contributed by atoms with Crippen LogP contribution in [-0.2, 0) is 28.6 Å². The predicted molar refractivity (Wildman–Crippen MR) is 330 cm³/mol. The maximum absolute atomic E-state index is 12.8. The van der Waals surface area contributed by atoms with Crippen molar-refractivity contribution in [1.82, 2.24) is 0 Å². The van der Waals surface area contributed by atoms with Crippen molar-refractivity contribution in [2.24, 2.45) is 0 Å². The molecule has 0 N–H and O–H groups in total. The van der Waals surface area contributed by atoms with Crippen LogP contribution in [0.3, 0.4) is 0 Å². The third-order valence-corrected chi connectivity index (χ3v) is 13.2. The minimum absolute atomic E-state index is 0.0856. The summed E-state index contributed by atoms with van der Waals surface area (Å²) in [6, 6.07) is 0. The number of carbonyl (C=O) groups is 3. The molecule has 76 heavy (non-hydrogen) atoms. The standard InChI is InChI=1S/C70H116O6/c1-4-7-10-13-16-19-22-24-26-27-28-29-30-31-32-33-34-35-36-37-38-39-40-41-42-43-45-46-48-51-54-57-60-63-69(72)75-66-67(65-74-68(71)62-59-56-53-50-21-18-15-12-9-6-3)76-70(73)64-61-58-55-52-49-47-44-25-23-20-17-14-11-8-5-2/h7,10,16-17,19-20,24-26,28-29,31-32,34-35,37-38,40-41,44,67H,4-6,8-9,11-15,18,21-23,27,30,33,36,39,42-43,45-66H2,1-3H3/b10-7-,19-16-,20-17-,26-24-,29-28-,32-31-,35-34-,38-37-,41-40-,44-25-. The highest BCUT2D eigenvalue weighted by Gasteiger charge is 2.19. The molecule has 0 amide bonds. The molecule has 0 bridgehead atoms. The Balaban J connectivity index is 4.22. The zero-order valence-corrected chi connectivity index (χ0v) is 49.5. The molecule has 0 aromatic rings. The van der Waals surface area contributed by atoms with E-state index in [0.29, 0.717) is 19.3 Å². The summed E-state index contributed by atoms with van der Waals surface area (Å²) in [5.41, 5.74) is 0. The third kappa shape index (κ3) is 60.7. The second kappa shape index (κ2) is 63.3. The maximum Gasteiger partial charge on any atom is 0.306 e. The second-order valence-electron chi connectivity index (χ2n) is 20.6. The molecule has 0 aromatic carbocycles. The minimum Gasteiger partial charge on any atom is -0.462 e. The molecule has 6 heteroatoms. The number of ether oxygens (including phenoxy) is 3. The highest BCUT2D eigenvalue weighted by molar-refractivity contribution is 5.71. The van der Waals surface area contributed by atoms with Crippen LogP contribution in [0.25, 0.3) is 0 Å². The van der Waals surface area contributed by atoms with Gasteiger partial charge in [-0.15, -0.1) is 0 Å². The fourth-order valence-electron chi connectivity index (χ4n) is 8.49. The SMILES string of the molecule is CC/C=C\C/C=C\C/C=C\C/C=C\C/C=C\C/C=C\C/C=C\C/C=C\CCCCCCCCCCC(=O)OCC(COC(=O)CCCCCCCCCCCC)OC(=O)CCCCCCC/C=C\C/C=C\CCCCC. The molecule has 0 aliphatic rings. The van der Waals surface area contributed by atoms with Crippen LogP contribution in [0.1, 0.15) is 284 Å². The van der Waals surface area contributed by atoms with E-state index in [9.17, 15) is 14.4 Å². The van der Waals surface area contributed by atoms with Crippen LogP contribution in [0.15, 0.2) is 122 Å². The number of hydrogen-bond acceptors (Lipinski definition) is 6. The van der Waals surface area contributed by atoms with Gasteiger partial charge in [0.05, 0.1) is 0 Å². The van der Waals surface area contributed by atoms with Crippen LogP contribution in [0.4, 0.5) is 0 Å². The summed E-state index contributed by atoms with van der Waals surface area (Å²) >= 11 is 0. The number of allylic oxidation sites excluding steroid dienone is 20. The topological polar surface area (TPSA) is 78.9 Å². The zero-order chi connectivity index (χ0) is 55.0. The number of hydrogen-bond donors (Lipinski definition) is 0. The monoisotopic (exact) mass is 1050 g/mol. The molecular weight excluding hydrogens is 937 g/mol. The van der Waals surface area contributed by atoms with Crippen molar-refractivity contribution in [2.75, 3.05) is 13.2 Å². The Morgan fingerprint density at radius 3 is 0.829 bits per heavy atom. The van der Waals surface area contributed by atoms with Gasteiger partial charge in [-0.05, 0) is 116 Å². The van der Waals surface area contributed by atoms with E-state index < -0.39 is 6.10 Å². The molecule has 0 spiro atoms. The van der Waals surface area contributed by atoms with Crippen molar-refractivity contribution in [3.63, 3.8) is 0 Å². The van der Waals surface area contributed by atoms with Crippen molar-refractivity contribution < 1.29 is 28.6 Å². The molecule has 1 atom stereocenters. The van der Waals surface area contributed by atoms with Gasteiger partial charge >= 0.3 is 17.9 Å². The van der Waals surface area contributed by atoms with Crippen molar-refractivity contribution >= 4 is 17.9 Å². The van der Waals surface area contributed by atoms with Crippen LogP contribution >= 0.6 is 0 Å². The lowest BCUT2D eigenvalue weighted by Crippen LogP contribution is -2.30. The van der Waals surface area contributed by atoms with Gasteiger partial charge < -0.3 is 14.2 Å². The molecule has 0 aliphatic carbocycles. The first-order chi connectivity index (χ1) is 37.5. The number of unbranched alkanes of at least 4 members (excludes halogenated alkanes) is 25. The second-order valence-corrected chi connectivity index (χ2v) is 20.6.